The maximum atomic E-state index is 14.0. The van der Waals surface area contributed by atoms with Crippen LogP contribution < -0.4 is 15.0 Å². The number of rotatable bonds is 4. The summed E-state index contributed by atoms with van der Waals surface area (Å²) in [6, 6.07) is 16.4. The van der Waals surface area contributed by atoms with Gasteiger partial charge in [0.2, 0.25) is 0 Å². The number of hydrogen-bond acceptors (Lipinski definition) is 4. The van der Waals surface area contributed by atoms with Crippen molar-refractivity contribution in [3.63, 3.8) is 0 Å². The molecular weight excluding hydrogens is 460 g/mol. The molecule has 2 aliphatic heterocycles. The Kier molecular flexibility index (Phi) is 5.65. The Morgan fingerprint density at radius 1 is 1.09 bits per heavy atom. The third-order valence-electron chi connectivity index (χ3n) is 5.97. The quantitative estimate of drug-likeness (QED) is 0.573. The summed E-state index contributed by atoms with van der Waals surface area (Å²) >= 11 is 1.37. The molecule has 9 heteroatoms. The van der Waals surface area contributed by atoms with Crippen molar-refractivity contribution in [2.24, 2.45) is 0 Å². The number of benzene rings is 3. The summed E-state index contributed by atoms with van der Waals surface area (Å²) in [6.45, 7) is 0.500. The van der Waals surface area contributed by atoms with Crippen LogP contribution >= 0.6 is 11.8 Å². The molecule has 6 nitrogen and oxygen atoms in total. The molecule has 2 heterocycles. The van der Waals surface area contributed by atoms with Gasteiger partial charge in [0.15, 0.2) is 4.87 Å². The van der Waals surface area contributed by atoms with Crippen LogP contribution in [0.4, 0.5) is 25.0 Å². The van der Waals surface area contributed by atoms with Crippen molar-refractivity contribution in [3.8, 4) is 5.75 Å². The minimum atomic E-state index is -1.29. The third-order valence-corrected chi connectivity index (χ3v) is 7.39. The van der Waals surface area contributed by atoms with Crippen LogP contribution in [0.2, 0.25) is 0 Å². The Bertz CT molecular complexity index is 1270. The lowest BCUT2D eigenvalue weighted by atomic mass is 10.1. The first kappa shape index (κ1) is 22.2. The zero-order chi connectivity index (χ0) is 23.9. The second-order valence-electron chi connectivity index (χ2n) is 7.99. The molecule has 34 heavy (non-hydrogen) atoms. The second kappa shape index (κ2) is 8.64. The van der Waals surface area contributed by atoms with Crippen LogP contribution in [0.1, 0.15) is 11.1 Å². The van der Waals surface area contributed by atoms with E-state index >= 15 is 0 Å². The lowest BCUT2D eigenvalue weighted by molar-refractivity contribution is -0.123. The molecule has 5 rings (SSSR count). The molecule has 2 aliphatic rings. The van der Waals surface area contributed by atoms with Crippen molar-refractivity contribution in [2.75, 3.05) is 29.6 Å². The molecule has 0 saturated carbocycles. The largest absolute Gasteiger partial charge is 0.497 e. The first-order chi connectivity index (χ1) is 16.4. The van der Waals surface area contributed by atoms with Crippen LogP contribution in [-0.4, -0.2) is 36.2 Å². The number of carbonyl (C=O) groups is 2. The Balaban J connectivity index is 1.54. The molecule has 1 N–H and O–H groups in total. The number of urea groups is 1. The van der Waals surface area contributed by atoms with Gasteiger partial charge in [-0.25, -0.2) is 13.6 Å². The maximum absolute atomic E-state index is 14.0. The monoisotopic (exact) mass is 481 g/mol. The van der Waals surface area contributed by atoms with E-state index in [4.69, 9.17) is 4.74 Å². The molecule has 0 unspecified atom stereocenters. The zero-order valence-corrected chi connectivity index (χ0v) is 19.1. The minimum Gasteiger partial charge on any atom is -0.497 e. The van der Waals surface area contributed by atoms with Crippen molar-refractivity contribution < 1.29 is 23.1 Å². The number of ether oxygens (including phenoxy) is 1. The van der Waals surface area contributed by atoms with E-state index in [0.29, 0.717) is 40.5 Å². The maximum Gasteiger partial charge on any atom is 0.323 e. The molecule has 3 amide bonds. The summed E-state index contributed by atoms with van der Waals surface area (Å²) in [7, 11) is 1.54. The van der Waals surface area contributed by atoms with Crippen LogP contribution in [0.25, 0.3) is 0 Å². The van der Waals surface area contributed by atoms with Gasteiger partial charge >= 0.3 is 6.03 Å². The SMILES string of the molecule is COc1ccc2c(c1)[C@@]1(SCCN1C(=O)Nc1ccc(F)cc1)C(=O)N2Cc1cccc(F)c1. The van der Waals surface area contributed by atoms with Crippen molar-refractivity contribution in [1.29, 1.82) is 0 Å². The van der Waals surface area contributed by atoms with E-state index < -0.39 is 16.7 Å². The fourth-order valence-corrected chi connectivity index (χ4v) is 5.87. The van der Waals surface area contributed by atoms with Crippen molar-refractivity contribution in [2.45, 2.75) is 11.4 Å². The molecule has 0 aromatic heterocycles. The van der Waals surface area contributed by atoms with Gasteiger partial charge in [0, 0.05) is 23.5 Å². The summed E-state index contributed by atoms with van der Waals surface area (Å²) in [4.78, 5) is 29.1. The molecule has 1 saturated heterocycles. The van der Waals surface area contributed by atoms with Crippen molar-refractivity contribution in [3.05, 3.63) is 89.5 Å². The Morgan fingerprint density at radius 3 is 2.62 bits per heavy atom. The third kappa shape index (κ3) is 3.66. The number of fused-ring (bicyclic) bond motifs is 2. The van der Waals surface area contributed by atoms with Crippen LogP contribution in [0.15, 0.2) is 66.7 Å². The van der Waals surface area contributed by atoms with Crippen molar-refractivity contribution in [1.82, 2.24) is 4.90 Å². The molecule has 0 bridgehead atoms. The molecular formula is C25H21F2N3O3S. The van der Waals surface area contributed by atoms with Gasteiger partial charge in [-0.15, -0.1) is 11.8 Å². The van der Waals surface area contributed by atoms with Crippen molar-refractivity contribution >= 4 is 35.1 Å². The molecule has 174 valence electrons. The average Bonchev–Trinajstić information content (AvgIpc) is 3.37. The van der Waals surface area contributed by atoms with Crippen LogP contribution in [0, 0.1) is 11.6 Å². The molecule has 1 spiro atoms. The number of hydrogen-bond donors (Lipinski definition) is 1. The highest BCUT2D eigenvalue weighted by atomic mass is 32.2. The highest BCUT2D eigenvalue weighted by Crippen LogP contribution is 2.55. The number of methoxy groups -OCH3 is 1. The molecule has 1 fully saturated rings. The van der Waals surface area contributed by atoms with E-state index in [1.807, 2.05) is 0 Å². The number of carbonyl (C=O) groups excluding carboxylic acids is 2. The number of halogens is 2. The number of nitrogens with zero attached hydrogens (tertiary/aromatic N) is 2. The van der Waals surface area contributed by atoms with Gasteiger partial charge in [-0.2, -0.15) is 0 Å². The summed E-state index contributed by atoms with van der Waals surface area (Å²) in [5.41, 5.74) is 2.35. The number of anilines is 2. The van der Waals surface area contributed by atoms with E-state index in [1.165, 1.54) is 60.2 Å². The Labute approximate surface area is 199 Å². The molecule has 1 atom stereocenters. The minimum absolute atomic E-state index is 0.158. The van der Waals surface area contributed by atoms with Gasteiger partial charge in [0.05, 0.1) is 19.3 Å². The van der Waals surface area contributed by atoms with Crippen LogP contribution in [0.3, 0.4) is 0 Å². The highest BCUT2D eigenvalue weighted by molar-refractivity contribution is 8.01. The Hall–Kier alpha value is -3.59. The van der Waals surface area contributed by atoms with E-state index in [0.717, 1.165) is 0 Å². The number of thioether (sulfide) groups is 1. The average molecular weight is 482 g/mol. The van der Waals surface area contributed by atoms with Gasteiger partial charge in [0.25, 0.3) is 5.91 Å². The summed E-state index contributed by atoms with van der Waals surface area (Å²) in [5.74, 6) is 0.0322. The normalized spacial score (nSPS) is 19.0. The molecule has 3 aromatic rings. The fraction of sp³-hybridized carbons (Fsp3) is 0.200. The lowest BCUT2D eigenvalue weighted by Crippen LogP contribution is -2.51. The van der Waals surface area contributed by atoms with E-state index in [1.54, 1.807) is 35.2 Å². The zero-order valence-electron chi connectivity index (χ0n) is 18.3. The van der Waals surface area contributed by atoms with Gasteiger partial charge < -0.3 is 15.0 Å². The molecule has 3 aromatic carbocycles. The van der Waals surface area contributed by atoms with E-state index in [-0.39, 0.29) is 18.3 Å². The van der Waals surface area contributed by atoms with Gasteiger partial charge in [-0.05, 0) is 60.2 Å². The second-order valence-corrected chi connectivity index (χ2v) is 9.27. The lowest BCUT2D eigenvalue weighted by Gasteiger charge is -2.33. The smallest absolute Gasteiger partial charge is 0.323 e. The highest BCUT2D eigenvalue weighted by Gasteiger charge is 2.59. The van der Waals surface area contributed by atoms with Gasteiger partial charge in [-0.1, -0.05) is 12.1 Å². The number of amides is 3. The summed E-state index contributed by atoms with van der Waals surface area (Å²) in [6.07, 6.45) is 0. The predicted molar refractivity (Wildman–Crippen MR) is 127 cm³/mol. The molecule has 0 aliphatic carbocycles. The van der Waals surface area contributed by atoms with Gasteiger partial charge in [0.1, 0.15) is 17.4 Å². The standard InChI is InChI=1S/C25H21F2N3O3S/c1-33-20-9-10-22-21(14-20)25(23(31)29(22)15-16-3-2-4-18(27)13-16)30(11-12-34-25)24(32)28-19-7-5-17(26)6-8-19/h2-10,13-14H,11-12,15H2,1H3,(H,28,32)/t25-/m1/s1. The molecule has 0 radical (unpaired) electrons. The van der Waals surface area contributed by atoms with E-state index in [2.05, 4.69) is 5.32 Å². The van der Waals surface area contributed by atoms with Gasteiger partial charge in [-0.3, -0.25) is 9.69 Å². The number of nitrogens with one attached hydrogen (secondary N) is 1. The van der Waals surface area contributed by atoms with E-state index in [9.17, 15) is 18.4 Å². The Morgan fingerprint density at radius 2 is 1.88 bits per heavy atom. The predicted octanol–water partition coefficient (Wildman–Crippen LogP) is 4.95. The van der Waals surface area contributed by atoms with Crippen LogP contribution in [0.5, 0.6) is 5.75 Å². The first-order valence-corrected chi connectivity index (χ1v) is 11.6. The fourth-order valence-electron chi connectivity index (χ4n) is 4.42. The first-order valence-electron chi connectivity index (χ1n) is 10.7. The summed E-state index contributed by atoms with van der Waals surface area (Å²) < 4.78 is 32.5. The summed E-state index contributed by atoms with van der Waals surface area (Å²) in [5, 5.41) is 2.77. The van der Waals surface area contributed by atoms with Crippen LogP contribution in [-0.2, 0) is 16.2 Å². The topological polar surface area (TPSA) is 61.9 Å².